The maximum absolute atomic E-state index is 13.4. The van der Waals surface area contributed by atoms with Crippen LogP contribution in [0.5, 0.6) is 0 Å². The minimum atomic E-state index is -0.527. The summed E-state index contributed by atoms with van der Waals surface area (Å²) in [6.07, 6.45) is 2.87. The number of fused-ring (bicyclic) bond motifs is 1. The second kappa shape index (κ2) is 8.75. The summed E-state index contributed by atoms with van der Waals surface area (Å²) in [4.78, 5) is 39.3. The molecule has 0 amide bonds. The van der Waals surface area contributed by atoms with Gasteiger partial charge in [0, 0.05) is 18.0 Å². The normalized spacial score (nSPS) is 11.7. The number of benzene rings is 2. The molecule has 0 saturated heterocycles. The van der Waals surface area contributed by atoms with Crippen molar-refractivity contribution in [1.82, 2.24) is 29.2 Å². The van der Waals surface area contributed by atoms with Crippen LogP contribution in [0.15, 0.2) is 81.1 Å². The minimum Gasteiger partial charge on any atom is -0.337 e. The van der Waals surface area contributed by atoms with Crippen LogP contribution in [0.1, 0.15) is 37.8 Å². The fourth-order valence-electron chi connectivity index (χ4n) is 3.87. The Hall–Kier alpha value is -4.40. The first-order valence-corrected chi connectivity index (χ1v) is 11.2. The van der Waals surface area contributed by atoms with E-state index in [1.807, 2.05) is 54.6 Å². The highest BCUT2D eigenvalue weighted by atomic mass is 16.5. The Morgan fingerprint density at radius 3 is 2.29 bits per heavy atom. The predicted molar refractivity (Wildman–Crippen MR) is 131 cm³/mol. The van der Waals surface area contributed by atoms with Crippen LogP contribution in [-0.2, 0) is 18.5 Å². The summed E-state index contributed by atoms with van der Waals surface area (Å²) in [7, 11) is 0. The lowest BCUT2D eigenvalue weighted by atomic mass is 9.87. The van der Waals surface area contributed by atoms with Gasteiger partial charge in [0.15, 0.2) is 11.2 Å². The van der Waals surface area contributed by atoms with E-state index >= 15 is 0 Å². The van der Waals surface area contributed by atoms with Crippen molar-refractivity contribution in [2.75, 3.05) is 0 Å². The molecule has 0 radical (unpaired) electrons. The summed E-state index contributed by atoms with van der Waals surface area (Å²) in [5.74, 6) is 0.639. The van der Waals surface area contributed by atoms with Crippen molar-refractivity contribution >= 4 is 11.2 Å². The lowest BCUT2D eigenvalue weighted by Gasteiger charge is -2.18. The number of rotatable bonds is 5. The van der Waals surface area contributed by atoms with Gasteiger partial charge < -0.3 is 4.52 Å². The molecular formula is C26H24N6O3. The van der Waals surface area contributed by atoms with Crippen LogP contribution in [0.4, 0.5) is 0 Å². The van der Waals surface area contributed by atoms with Crippen molar-refractivity contribution in [3.63, 3.8) is 0 Å². The summed E-state index contributed by atoms with van der Waals surface area (Å²) >= 11 is 0. The van der Waals surface area contributed by atoms with E-state index in [0.717, 1.165) is 15.7 Å². The molecule has 0 aliphatic heterocycles. The van der Waals surface area contributed by atoms with Gasteiger partial charge in [0.05, 0.1) is 6.54 Å². The van der Waals surface area contributed by atoms with Gasteiger partial charge in [-0.3, -0.25) is 13.9 Å². The molecule has 5 aromatic rings. The Labute approximate surface area is 200 Å². The monoisotopic (exact) mass is 468 g/mol. The van der Waals surface area contributed by atoms with Gasteiger partial charge in [0.25, 0.3) is 5.56 Å². The zero-order valence-corrected chi connectivity index (χ0v) is 19.7. The molecule has 9 nitrogen and oxygen atoms in total. The SMILES string of the molecule is CC(C)(C)c1ccc(-c2noc(Cn3c(=O)n(Cc4ccccc4)c(=O)c4nccnc43)n2)cc1. The Kier molecular flexibility index (Phi) is 5.60. The van der Waals surface area contributed by atoms with Gasteiger partial charge in [-0.2, -0.15) is 4.98 Å². The average molecular weight is 469 g/mol. The third-order valence-electron chi connectivity index (χ3n) is 5.80. The molecule has 0 fully saturated rings. The highest BCUT2D eigenvalue weighted by Crippen LogP contribution is 2.25. The fraction of sp³-hybridized carbons (Fsp3) is 0.231. The van der Waals surface area contributed by atoms with Gasteiger partial charge in [0.1, 0.15) is 6.54 Å². The molecule has 0 saturated carbocycles. The summed E-state index contributed by atoms with van der Waals surface area (Å²) < 4.78 is 7.94. The molecule has 0 unspecified atom stereocenters. The van der Waals surface area contributed by atoms with Crippen molar-refractivity contribution in [3.05, 3.63) is 105 Å². The maximum Gasteiger partial charge on any atom is 0.333 e. The van der Waals surface area contributed by atoms with Crippen LogP contribution < -0.4 is 11.2 Å². The molecule has 176 valence electrons. The molecule has 35 heavy (non-hydrogen) atoms. The number of hydrogen-bond donors (Lipinski definition) is 0. The van der Waals surface area contributed by atoms with Gasteiger partial charge in [-0.05, 0) is 16.5 Å². The largest absolute Gasteiger partial charge is 0.337 e. The minimum absolute atomic E-state index is 0.0348. The molecule has 0 bridgehead atoms. The number of hydrogen-bond acceptors (Lipinski definition) is 7. The smallest absolute Gasteiger partial charge is 0.333 e. The van der Waals surface area contributed by atoms with E-state index in [1.54, 1.807) is 0 Å². The second-order valence-electron chi connectivity index (χ2n) is 9.31. The van der Waals surface area contributed by atoms with E-state index in [2.05, 4.69) is 40.9 Å². The highest BCUT2D eigenvalue weighted by molar-refractivity contribution is 5.68. The highest BCUT2D eigenvalue weighted by Gasteiger charge is 2.19. The molecule has 5 rings (SSSR count). The van der Waals surface area contributed by atoms with Crippen molar-refractivity contribution in [3.8, 4) is 11.4 Å². The van der Waals surface area contributed by atoms with E-state index in [-0.39, 0.29) is 35.6 Å². The molecule has 3 aromatic heterocycles. The van der Waals surface area contributed by atoms with Gasteiger partial charge in [-0.15, -0.1) is 0 Å². The molecule has 9 heteroatoms. The topological polar surface area (TPSA) is 109 Å². The molecule has 2 aromatic carbocycles. The van der Waals surface area contributed by atoms with Crippen LogP contribution in [0.2, 0.25) is 0 Å². The van der Waals surface area contributed by atoms with Gasteiger partial charge in [0.2, 0.25) is 11.7 Å². The first-order valence-electron chi connectivity index (χ1n) is 11.2. The molecular weight excluding hydrogens is 444 g/mol. The van der Waals surface area contributed by atoms with Crippen molar-refractivity contribution in [2.24, 2.45) is 0 Å². The molecule has 0 aliphatic rings. The standard InChI is InChI=1S/C26H24N6O3/c1-26(2,3)19-11-9-18(10-12-19)22-29-20(35-30-22)16-31-23-21(27-13-14-28-23)24(33)32(25(31)34)15-17-7-5-4-6-8-17/h4-14H,15-16H2,1-3H3. The van der Waals surface area contributed by atoms with Crippen LogP contribution >= 0.6 is 0 Å². The Morgan fingerprint density at radius 2 is 1.57 bits per heavy atom. The van der Waals surface area contributed by atoms with Gasteiger partial charge >= 0.3 is 5.69 Å². The first-order chi connectivity index (χ1) is 16.8. The van der Waals surface area contributed by atoms with Crippen LogP contribution in [-0.4, -0.2) is 29.2 Å². The zero-order chi connectivity index (χ0) is 24.6. The van der Waals surface area contributed by atoms with E-state index in [0.29, 0.717) is 5.82 Å². The van der Waals surface area contributed by atoms with E-state index < -0.39 is 11.2 Å². The third-order valence-corrected chi connectivity index (χ3v) is 5.80. The van der Waals surface area contributed by atoms with Gasteiger partial charge in [-0.25, -0.2) is 14.8 Å². The lowest BCUT2D eigenvalue weighted by molar-refractivity contribution is 0.369. The molecule has 0 N–H and O–H groups in total. The summed E-state index contributed by atoms with van der Waals surface area (Å²) in [6.45, 7) is 6.51. The van der Waals surface area contributed by atoms with Crippen LogP contribution in [0.3, 0.4) is 0 Å². The molecule has 3 heterocycles. The average Bonchev–Trinajstić information content (AvgIpc) is 3.33. The zero-order valence-electron chi connectivity index (χ0n) is 19.7. The Morgan fingerprint density at radius 1 is 0.857 bits per heavy atom. The van der Waals surface area contributed by atoms with Gasteiger partial charge in [-0.1, -0.05) is 80.5 Å². The quantitative estimate of drug-likeness (QED) is 0.389. The number of aromatic nitrogens is 6. The lowest BCUT2D eigenvalue weighted by Crippen LogP contribution is -2.41. The Bertz CT molecular complexity index is 1610. The molecule has 0 aliphatic carbocycles. The van der Waals surface area contributed by atoms with Crippen LogP contribution in [0.25, 0.3) is 22.6 Å². The summed E-state index contributed by atoms with van der Waals surface area (Å²) in [5.41, 5.74) is 2.10. The number of nitrogens with zero attached hydrogens (tertiary/aromatic N) is 6. The van der Waals surface area contributed by atoms with Crippen molar-refractivity contribution < 1.29 is 4.52 Å². The summed E-state index contributed by atoms with van der Waals surface area (Å²) in [5, 5.41) is 4.09. The summed E-state index contributed by atoms with van der Waals surface area (Å²) in [6, 6.07) is 17.3. The van der Waals surface area contributed by atoms with Crippen LogP contribution in [0, 0.1) is 0 Å². The molecule has 0 spiro atoms. The van der Waals surface area contributed by atoms with E-state index in [1.165, 1.54) is 22.5 Å². The Balaban J connectivity index is 1.53. The van der Waals surface area contributed by atoms with Crippen molar-refractivity contribution in [2.45, 2.75) is 39.3 Å². The first kappa shape index (κ1) is 22.4. The molecule has 0 atom stereocenters. The predicted octanol–water partition coefficient (Wildman–Crippen LogP) is 3.40. The van der Waals surface area contributed by atoms with E-state index in [4.69, 9.17) is 4.52 Å². The van der Waals surface area contributed by atoms with Crippen molar-refractivity contribution in [1.29, 1.82) is 0 Å². The fourth-order valence-corrected chi connectivity index (χ4v) is 3.87. The van der Waals surface area contributed by atoms with E-state index in [9.17, 15) is 9.59 Å². The second-order valence-corrected chi connectivity index (χ2v) is 9.31. The maximum atomic E-state index is 13.4. The third kappa shape index (κ3) is 4.40.